The highest BCUT2D eigenvalue weighted by atomic mass is 32.1. The Kier molecular flexibility index (Phi) is 6.23. The number of rotatable bonds is 7. The van der Waals surface area contributed by atoms with Gasteiger partial charge in [0.2, 0.25) is 5.95 Å². The molecule has 0 aliphatic carbocycles. The summed E-state index contributed by atoms with van der Waals surface area (Å²) in [4.78, 5) is 15.2. The summed E-state index contributed by atoms with van der Waals surface area (Å²) >= 11 is 1.79. The molecule has 7 heteroatoms. The van der Waals surface area contributed by atoms with Crippen molar-refractivity contribution < 1.29 is 5.11 Å². The molecule has 0 amide bonds. The molecule has 1 unspecified atom stereocenters. The molecule has 3 rings (SSSR count). The second kappa shape index (κ2) is 8.60. The van der Waals surface area contributed by atoms with Crippen LogP contribution < -0.4 is 10.2 Å². The number of nitrogens with one attached hydrogen (secondary N) is 1. The van der Waals surface area contributed by atoms with Crippen molar-refractivity contribution in [3.05, 3.63) is 34.7 Å². The second-order valence-electron chi connectivity index (χ2n) is 6.70. The molecule has 0 bridgehead atoms. The van der Waals surface area contributed by atoms with Gasteiger partial charge in [-0.25, -0.2) is 4.98 Å². The van der Waals surface area contributed by atoms with Crippen molar-refractivity contribution in [2.24, 2.45) is 0 Å². The summed E-state index contributed by atoms with van der Waals surface area (Å²) in [7, 11) is 0. The molecule has 2 aromatic heterocycles. The Morgan fingerprint density at radius 1 is 1.36 bits per heavy atom. The quantitative estimate of drug-likeness (QED) is 0.790. The number of thiophene rings is 1. The topological polar surface area (TPSA) is 64.5 Å². The lowest BCUT2D eigenvalue weighted by molar-refractivity contribution is 0.136. The predicted molar refractivity (Wildman–Crippen MR) is 103 cm³/mol. The van der Waals surface area contributed by atoms with E-state index in [0.717, 1.165) is 44.4 Å². The fourth-order valence-electron chi connectivity index (χ4n) is 3.19. The summed E-state index contributed by atoms with van der Waals surface area (Å²) in [5.41, 5.74) is 0. The number of hydrogen-bond donors (Lipinski definition) is 2. The van der Waals surface area contributed by atoms with Crippen LogP contribution in [0.4, 0.5) is 11.8 Å². The first-order chi connectivity index (χ1) is 12.2. The first-order valence-corrected chi connectivity index (χ1v) is 9.75. The van der Waals surface area contributed by atoms with Gasteiger partial charge in [-0.1, -0.05) is 6.07 Å². The zero-order chi connectivity index (χ0) is 17.6. The summed E-state index contributed by atoms with van der Waals surface area (Å²) in [6.07, 6.45) is 2.58. The Labute approximate surface area is 153 Å². The van der Waals surface area contributed by atoms with Gasteiger partial charge in [0.1, 0.15) is 5.82 Å². The molecule has 1 atom stereocenters. The van der Waals surface area contributed by atoms with E-state index in [-0.39, 0.29) is 6.61 Å². The number of aliphatic hydroxyl groups excluding tert-OH is 1. The van der Waals surface area contributed by atoms with E-state index in [2.05, 4.69) is 56.4 Å². The lowest BCUT2D eigenvalue weighted by atomic mass is 10.1. The third kappa shape index (κ3) is 4.90. The minimum Gasteiger partial charge on any atom is -0.396 e. The van der Waals surface area contributed by atoms with Gasteiger partial charge in [-0.3, -0.25) is 4.90 Å². The Balaban J connectivity index is 1.68. The van der Waals surface area contributed by atoms with Gasteiger partial charge in [0.05, 0.1) is 0 Å². The van der Waals surface area contributed by atoms with Crippen LogP contribution in [0.1, 0.15) is 25.1 Å². The lowest BCUT2D eigenvalue weighted by Gasteiger charge is -2.41. The molecule has 136 valence electrons. The van der Waals surface area contributed by atoms with Gasteiger partial charge in [-0.2, -0.15) is 4.98 Å². The molecular formula is C18H27N5OS. The van der Waals surface area contributed by atoms with Gasteiger partial charge in [-0.05, 0) is 37.8 Å². The third-order valence-corrected chi connectivity index (χ3v) is 5.23. The summed E-state index contributed by atoms with van der Waals surface area (Å²) in [5.74, 6) is 1.63. The van der Waals surface area contributed by atoms with Gasteiger partial charge in [-0.15, -0.1) is 11.3 Å². The zero-order valence-corrected chi connectivity index (χ0v) is 15.7. The molecule has 3 heterocycles. The van der Waals surface area contributed by atoms with E-state index < -0.39 is 0 Å². The summed E-state index contributed by atoms with van der Waals surface area (Å²) in [6.45, 7) is 8.05. The first kappa shape index (κ1) is 18.1. The average Bonchev–Trinajstić information content (AvgIpc) is 3.09. The van der Waals surface area contributed by atoms with Crippen LogP contribution in [0.5, 0.6) is 0 Å². The van der Waals surface area contributed by atoms with Gasteiger partial charge >= 0.3 is 0 Å². The van der Waals surface area contributed by atoms with Crippen molar-refractivity contribution >= 4 is 23.1 Å². The van der Waals surface area contributed by atoms with Gasteiger partial charge < -0.3 is 15.3 Å². The lowest BCUT2D eigenvalue weighted by Crippen LogP contribution is -2.53. The molecule has 1 saturated heterocycles. The van der Waals surface area contributed by atoms with E-state index in [4.69, 9.17) is 0 Å². The number of aliphatic hydroxyl groups is 1. The van der Waals surface area contributed by atoms with E-state index >= 15 is 0 Å². The number of aromatic nitrogens is 2. The standard InChI is InChI=1S/C18H27N5OS/c1-14(2)20-17-5-7-19-18(21-17)23-9-8-22(15(12-23)6-10-24)13-16-4-3-11-25-16/h3-5,7,11,14-15,24H,6,8-10,12-13H2,1-2H3,(H,19,20,21). The fraction of sp³-hybridized carbons (Fsp3) is 0.556. The van der Waals surface area contributed by atoms with E-state index in [0.29, 0.717) is 12.1 Å². The van der Waals surface area contributed by atoms with E-state index in [1.54, 1.807) is 11.3 Å². The maximum atomic E-state index is 9.48. The monoisotopic (exact) mass is 361 g/mol. The average molecular weight is 362 g/mol. The van der Waals surface area contributed by atoms with Crippen LogP contribution in [0, 0.1) is 0 Å². The van der Waals surface area contributed by atoms with Crippen LogP contribution in [0.15, 0.2) is 29.8 Å². The Morgan fingerprint density at radius 2 is 2.24 bits per heavy atom. The largest absolute Gasteiger partial charge is 0.396 e. The number of hydrogen-bond acceptors (Lipinski definition) is 7. The smallest absolute Gasteiger partial charge is 0.227 e. The van der Waals surface area contributed by atoms with Crippen molar-refractivity contribution in [3.8, 4) is 0 Å². The van der Waals surface area contributed by atoms with Crippen molar-refractivity contribution in [2.75, 3.05) is 36.5 Å². The summed E-state index contributed by atoms with van der Waals surface area (Å²) in [5, 5.41) is 14.9. The molecule has 0 radical (unpaired) electrons. The number of anilines is 2. The maximum absolute atomic E-state index is 9.48. The van der Waals surface area contributed by atoms with Crippen LogP contribution in [-0.2, 0) is 6.54 Å². The van der Waals surface area contributed by atoms with Crippen molar-refractivity contribution in [1.82, 2.24) is 14.9 Å². The third-order valence-electron chi connectivity index (χ3n) is 4.37. The molecule has 1 aliphatic heterocycles. The highest BCUT2D eigenvalue weighted by Crippen LogP contribution is 2.22. The van der Waals surface area contributed by atoms with Crippen molar-refractivity contribution in [3.63, 3.8) is 0 Å². The molecule has 1 fully saturated rings. The summed E-state index contributed by atoms with van der Waals surface area (Å²) < 4.78 is 0. The Bertz CT molecular complexity index is 649. The van der Waals surface area contributed by atoms with Crippen LogP contribution in [-0.4, -0.2) is 58.3 Å². The molecule has 2 aromatic rings. The maximum Gasteiger partial charge on any atom is 0.227 e. The molecule has 0 spiro atoms. The Morgan fingerprint density at radius 3 is 2.96 bits per heavy atom. The SMILES string of the molecule is CC(C)Nc1ccnc(N2CCN(Cc3cccs3)C(CCO)C2)n1. The highest BCUT2D eigenvalue weighted by molar-refractivity contribution is 7.09. The molecule has 0 saturated carbocycles. The molecule has 0 aromatic carbocycles. The highest BCUT2D eigenvalue weighted by Gasteiger charge is 2.28. The molecule has 1 aliphatic rings. The Hall–Kier alpha value is -1.70. The van der Waals surface area contributed by atoms with Crippen molar-refractivity contribution in [2.45, 2.75) is 38.9 Å². The van der Waals surface area contributed by atoms with Crippen molar-refractivity contribution in [1.29, 1.82) is 0 Å². The van der Waals surface area contributed by atoms with Gasteiger partial charge in [0.15, 0.2) is 0 Å². The molecule has 25 heavy (non-hydrogen) atoms. The minimum absolute atomic E-state index is 0.204. The summed E-state index contributed by atoms with van der Waals surface area (Å²) in [6, 6.07) is 6.83. The van der Waals surface area contributed by atoms with Crippen LogP contribution in [0.2, 0.25) is 0 Å². The normalized spacial score (nSPS) is 18.7. The van der Waals surface area contributed by atoms with E-state index in [9.17, 15) is 5.11 Å². The van der Waals surface area contributed by atoms with Gasteiger partial charge in [0.25, 0.3) is 0 Å². The van der Waals surface area contributed by atoms with Crippen LogP contribution in [0.3, 0.4) is 0 Å². The molecular weight excluding hydrogens is 334 g/mol. The van der Waals surface area contributed by atoms with E-state index in [1.807, 2.05) is 12.3 Å². The number of nitrogens with zero attached hydrogens (tertiary/aromatic N) is 4. The molecule has 6 nitrogen and oxygen atoms in total. The van der Waals surface area contributed by atoms with Crippen LogP contribution in [0.25, 0.3) is 0 Å². The molecule has 2 N–H and O–H groups in total. The zero-order valence-electron chi connectivity index (χ0n) is 14.9. The number of piperazine rings is 1. The van der Waals surface area contributed by atoms with Gasteiger partial charge in [0, 0.05) is 55.9 Å². The van der Waals surface area contributed by atoms with E-state index in [1.165, 1.54) is 4.88 Å². The van der Waals surface area contributed by atoms with Crippen LogP contribution >= 0.6 is 11.3 Å². The fourth-order valence-corrected chi connectivity index (χ4v) is 3.91. The first-order valence-electron chi connectivity index (χ1n) is 8.87. The second-order valence-corrected chi connectivity index (χ2v) is 7.74. The minimum atomic E-state index is 0.204. The predicted octanol–water partition coefficient (Wildman–Crippen LogP) is 2.43.